The number of carboxylic acids is 1. The Morgan fingerprint density at radius 3 is 2.44 bits per heavy atom. The third-order valence-electron chi connectivity index (χ3n) is 2.22. The zero-order chi connectivity index (χ0) is 12.6. The number of nitrogens with zero attached hydrogens (tertiary/aromatic N) is 1. The van der Waals surface area contributed by atoms with Gasteiger partial charge in [0.15, 0.2) is 6.04 Å². The van der Waals surface area contributed by atoms with Crippen LogP contribution in [0.1, 0.15) is 26.2 Å². The van der Waals surface area contributed by atoms with Crippen LogP contribution in [0.4, 0.5) is 4.79 Å². The normalized spacial score (nSPS) is 11.9. The molecule has 0 heterocycles. The molecule has 0 saturated heterocycles. The Labute approximate surface area is 95.2 Å². The van der Waals surface area contributed by atoms with Gasteiger partial charge < -0.3 is 20.4 Å². The fraction of sp³-hybridized carbons (Fsp3) is 0.800. The summed E-state index contributed by atoms with van der Waals surface area (Å²) in [4.78, 5) is 23.4. The molecule has 0 aliphatic carbocycles. The maximum atomic E-state index is 11.5. The summed E-state index contributed by atoms with van der Waals surface area (Å²) in [5.74, 6) is -1.24. The van der Waals surface area contributed by atoms with Crippen molar-refractivity contribution in [2.75, 3.05) is 20.2 Å². The molecule has 3 N–H and O–H groups in total. The highest BCUT2D eigenvalue weighted by atomic mass is 16.4. The number of hydrogen-bond donors (Lipinski definition) is 3. The van der Waals surface area contributed by atoms with E-state index in [2.05, 4.69) is 12.2 Å². The van der Waals surface area contributed by atoms with E-state index >= 15 is 0 Å². The van der Waals surface area contributed by atoms with Gasteiger partial charge in [-0.05, 0) is 6.42 Å². The Morgan fingerprint density at radius 2 is 2.00 bits per heavy atom. The standard InChI is InChI=1S/C10H20N2O4/c1-3-4-5-6-12(2)10(16)11-8(7-13)9(14)15/h8,13H,3-7H2,1-2H3,(H,11,16)(H,14,15). The molecular weight excluding hydrogens is 212 g/mol. The van der Waals surface area contributed by atoms with E-state index in [0.717, 1.165) is 19.3 Å². The van der Waals surface area contributed by atoms with Crippen LogP contribution in [0, 0.1) is 0 Å². The van der Waals surface area contributed by atoms with Crippen LogP contribution in [0.25, 0.3) is 0 Å². The van der Waals surface area contributed by atoms with Crippen molar-refractivity contribution in [2.24, 2.45) is 0 Å². The summed E-state index contributed by atoms with van der Waals surface area (Å²) in [5, 5.41) is 19.6. The second-order valence-electron chi connectivity index (χ2n) is 3.65. The van der Waals surface area contributed by atoms with Gasteiger partial charge in [-0.2, -0.15) is 0 Å². The monoisotopic (exact) mass is 232 g/mol. The molecule has 0 fully saturated rings. The Hall–Kier alpha value is -1.30. The first kappa shape index (κ1) is 14.7. The number of urea groups is 1. The molecule has 0 aromatic carbocycles. The van der Waals surface area contributed by atoms with Crippen LogP contribution < -0.4 is 5.32 Å². The summed E-state index contributed by atoms with van der Waals surface area (Å²) in [6.45, 7) is 2.04. The SMILES string of the molecule is CCCCCN(C)C(=O)NC(CO)C(=O)O. The molecule has 0 aromatic heterocycles. The molecule has 0 aromatic rings. The van der Waals surface area contributed by atoms with Gasteiger partial charge in [-0.1, -0.05) is 19.8 Å². The number of aliphatic hydroxyl groups is 1. The van der Waals surface area contributed by atoms with Crippen molar-refractivity contribution in [2.45, 2.75) is 32.2 Å². The fourth-order valence-electron chi connectivity index (χ4n) is 1.15. The summed E-state index contributed by atoms with van der Waals surface area (Å²) in [6.07, 6.45) is 2.97. The zero-order valence-electron chi connectivity index (χ0n) is 9.77. The molecule has 0 aliphatic rings. The van der Waals surface area contributed by atoms with Gasteiger partial charge in [0.2, 0.25) is 0 Å². The van der Waals surface area contributed by atoms with Crippen molar-refractivity contribution < 1.29 is 19.8 Å². The number of aliphatic hydroxyl groups excluding tert-OH is 1. The molecule has 94 valence electrons. The van der Waals surface area contributed by atoms with Crippen LogP contribution in [-0.2, 0) is 4.79 Å². The van der Waals surface area contributed by atoms with E-state index in [4.69, 9.17) is 10.2 Å². The molecule has 1 atom stereocenters. The third kappa shape index (κ3) is 5.55. The average molecular weight is 232 g/mol. The van der Waals surface area contributed by atoms with Crippen molar-refractivity contribution in [3.8, 4) is 0 Å². The smallest absolute Gasteiger partial charge is 0.328 e. The molecule has 0 radical (unpaired) electrons. The van der Waals surface area contributed by atoms with E-state index in [1.54, 1.807) is 7.05 Å². The van der Waals surface area contributed by atoms with Crippen LogP contribution in [-0.4, -0.2) is 53.4 Å². The molecule has 0 bridgehead atoms. The van der Waals surface area contributed by atoms with E-state index < -0.39 is 24.6 Å². The summed E-state index contributed by atoms with van der Waals surface area (Å²) in [5.41, 5.74) is 0. The first-order valence-corrected chi connectivity index (χ1v) is 5.38. The number of carbonyl (C=O) groups is 2. The Balaban J connectivity index is 3.98. The molecule has 16 heavy (non-hydrogen) atoms. The number of aliphatic carboxylic acids is 1. The number of carbonyl (C=O) groups excluding carboxylic acids is 1. The Kier molecular flexibility index (Phi) is 7.28. The van der Waals surface area contributed by atoms with Gasteiger partial charge in [-0.3, -0.25) is 0 Å². The lowest BCUT2D eigenvalue weighted by molar-refractivity contribution is -0.140. The molecule has 6 heteroatoms. The van der Waals surface area contributed by atoms with Crippen LogP contribution in [0.3, 0.4) is 0 Å². The maximum absolute atomic E-state index is 11.5. The lowest BCUT2D eigenvalue weighted by Crippen LogP contribution is -2.48. The molecule has 0 saturated carbocycles. The molecule has 1 unspecified atom stereocenters. The van der Waals surface area contributed by atoms with Crippen molar-refractivity contribution >= 4 is 12.0 Å². The molecular formula is C10H20N2O4. The minimum atomic E-state index is -1.24. The number of amides is 2. The van der Waals surface area contributed by atoms with Crippen molar-refractivity contribution in [1.29, 1.82) is 0 Å². The van der Waals surface area contributed by atoms with Crippen LogP contribution in [0.5, 0.6) is 0 Å². The Bertz CT molecular complexity index is 233. The second-order valence-corrected chi connectivity index (χ2v) is 3.65. The number of rotatable bonds is 7. The predicted molar refractivity (Wildman–Crippen MR) is 59.2 cm³/mol. The molecule has 0 spiro atoms. The number of nitrogens with one attached hydrogen (secondary N) is 1. The van der Waals surface area contributed by atoms with Crippen LogP contribution >= 0.6 is 0 Å². The largest absolute Gasteiger partial charge is 0.480 e. The summed E-state index contributed by atoms with van der Waals surface area (Å²) in [7, 11) is 1.60. The zero-order valence-corrected chi connectivity index (χ0v) is 9.77. The summed E-state index contributed by atoms with van der Waals surface area (Å²) >= 11 is 0. The topological polar surface area (TPSA) is 89.9 Å². The van der Waals surface area contributed by atoms with Crippen molar-refractivity contribution in [3.63, 3.8) is 0 Å². The van der Waals surface area contributed by atoms with Gasteiger partial charge in [0.25, 0.3) is 0 Å². The quantitative estimate of drug-likeness (QED) is 0.549. The van der Waals surface area contributed by atoms with Gasteiger partial charge in [0.1, 0.15) is 0 Å². The van der Waals surface area contributed by atoms with E-state index in [1.807, 2.05) is 0 Å². The van der Waals surface area contributed by atoms with Gasteiger partial charge in [-0.15, -0.1) is 0 Å². The lowest BCUT2D eigenvalue weighted by Gasteiger charge is -2.20. The number of unbranched alkanes of at least 4 members (excludes halogenated alkanes) is 2. The highest BCUT2D eigenvalue weighted by Crippen LogP contribution is 1.97. The molecule has 0 aliphatic heterocycles. The minimum absolute atomic E-state index is 0.474. The second kappa shape index (κ2) is 7.92. The van der Waals surface area contributed by atoms with Crippen LogP contribution in [0.15, 0.2) is 0 Å². The van der Waals surface area contributed by atoms with E-state index in [0.29, 0.717) is 6.54 Å². The molecule has 6 nitrogen and oxygen atoms in total. The van der Waals surface area contributed by atoms with Gasteiger partial charge in [0.05, 0.1) is 6.61 Å². The van der Waals surface area contributed by atoms with Gasteiger partial charge in [-0.25, -0.2) is 9.59 Å². The third-order valence-corrected chi connectivity index (χ3v) is 2.22. The minimum Gasteiger partial charge on any atom is -0.480 e. The lowest BCUT2D eigenvalue weighted by atomic mass is 10.2. The first-order valence-electron chi connectivity index (χ1n) is 5.38. The highest BCUT2D eigenvalue weighted by Gasteiger charge is 2.20. The first-order chi connectivity index (χ1) is 7.52. The maximum Gasteiger partial charge on any atom is 0.328 e. The average Bonchev–Trinajstić information content (AvgIpc) is 2.25. The van der Waals surface area contributed by atoms with Gasteiger partial charge in [0, 0.05) is 13.6 Å². The van der Waals surface area contributed by atoms with E-state index in [9.17, 15) is 9.59 Å². The number of hydrogen-bond acceptors (Lipinski definition) is 3. The van der Waals surface area contributed by atoms with Crippen LogP contribution in [0.2, 0.25) is 0 Å². The Morgan fingerprint density at radius 1 is 1.38 bits per heavy atom. The fourth-order valence-corrected chi connectivity index (χ4v) is 1.15. The van der Waals surface area contributed by atoms with Crippen molar-refractivity contribution in [3.05, 3.63) is 0 Å². The van der Waals surface area contributed by atoms with E-state index in [1.165, 1.54) is 4.90 Å². The highest BCUT2D eigenvalue weighted by molar-refractivity contribution is 5.82. The van der Waals surface area contributed by atoms with Gasteiger partial charge >= 0.3 is 12.0 Å². The van der Waals surface area contributed by atoms with Crippen molar-refractivity contribution in [1.82, 2.24) is 10.2 Å². The summed E-state index contributed by atoms with van der Waals surface area (Å²) in [6, 6.07) is -1.71. The number of carboxylic acid groups (broad SMARTS) is 1. The van der Waals surface area contributed by atoms with E-state index in [-0.39, 0.29) is 0 Å². The summed E-state index contributed by atoms with van der Waals surface area (Å²) < 4.78 is 0. The predicted octanol–water partition coefficient (Wildman–Crippen LogP) is 0.263. The molecule has 0 rings (SSSR count). The molecule has 2 amide bonds.